The molecule has 1 aliphatic heterocycles. The Morgan fingerprint density at radius 3 is 2.68 bits per heavy atom. The number of nitrogens with zero attached hydrogens (tertiary/aromatic N) is 3. The number of aliphatic imine (C=N–C) groups is 1. The molecule has 0 radical (unpaired) electrons. The van der Waals surface area contributed by atoms with E-state index in [0.717, 1.165) is 62.5 Å². The molecule has 0 unspecified atom stereocenters. The van der Waals surface area contributed by atoms with Gasteiger partial charge in [-0.3, -0.25) is 4.99 Å². The first-order valence-corrected chi connectivity index (χ1v) is 9.43. The normalized spacial score (nSPS) is 19.1. The van der Waals surface area contributed by atoms with Gasteiger partial charge in [0.05, 0.1) is 12.7 Å². The van der Waals surface area contributed by atoms with E-state index in [2.05, 4.69) is 33.2 Å². The fourth-order valence-electron chi connectivity index (χ4n) is 3.07. The lowest BCUT2D eigenvalue weighted by atomic mass is 10.1. The summed E-state index contributed by atoms with van der Waals surface area (Å²) in [5.41, 5.74) is 1.13. The summed E-state index contributed by atoms with van der Waals surface area (Å²) in [7, 11) is 1.84. The molecular weight excluding hydrogens is 316 g/mol. The Balaban J connectivity index is 1.43. The standard InChI is InChI=1S/C19H30N4O2/c1-3-24-17-8-10-23(11-9-17)19(20-2)22-13-16-6-7-18(21-12-16)25-14-15-4-5-15/h6-7,12,15,17H,3-5,8-11,13-14H2,1-2H3,(H,20,22). The van der Waals surface area contributed by atoms with Gasteiger partial charge in [-0.2, -0.15) is 0 Å². The van der Waals surface area contributed by atoms with E-state index in [1.807, 2.05) is 19.3 Å². The van der Waals surface area contributed by atoms with Gasteiger partial charge in [0, 0.05) is 45.6 Å². The summed E-state index contributed by atoms with van der Waals surface area (Å²) < 4.78 is 11.4. The molecular formula is C19H30N4O2. The molecule has 2 heterocycles. The van der Waals surface area contributed by atoms with Gasteiger partial charge in [-0.15, -0.1) is 0 Å². The number of hydrogen-bond donors (Lipinski definition) is 1. The van der Waals surface area contributed by atoms with Crippen LogP contribution in [0.2, 0.25) is 0 Å². The largest absolute Gasteiger partial charge is 0.477 e. The van der Waals surface area contributed by atoms with Crippen molar-refractivity contribution in [3.05, 3.63) is 23.9 Å². The summed E-state index contributed by atoms with van der Waals surface area (Å²) >= 11 is 0. The summed E-state index contributed by atoms with van der Waals surface area (Å²) in [6, 6.07) is 4.02. The number of rotatable bonds is 7. The van der Waals surface area contributed by atoms with Crippen LogP contribution in [0.5, 0.6) is 5.88 Å². The van der Waals surface area contributed by atoms with E-state index < -0.39 is 0 Å². The molecule has 2 fully saturated rings. The molecule has 1 N–H and O–H groups in total. The van der Waals surface area contributed by atoms with Crippen molar-refractivity contribution in [3.63, 3.8) is 0 Å². The Morgan fingerprint density at radius 1 is 1.28 bits per heavy atom. The van der Waals surface area contributed by atoms with Crippen LogP contribution in [0, 0.1) is 5.92 Å². The monoisotopic (exact) mass is 346 g/mol. The van der Waals surface area contributed by atoms with E-state index in [0.29, 0.717) is 12.6 Å². The molecule has 2 aliphatic rings. The summed E-state index contributed by atoms with van der Waals surface area (Å²) in [5, 5.41) is 3.44. The van der Waals surface area contributed by atoms with E-state index in [4.69, 9.17) is 9.47 Å². The Morgan fingerprint density at radius 2 is 2.08 bits per heavy atom. The maximum atomic E-state index is 5.72. The summed E-state index contributed by atoms with van der Waals surface area (Å²) in [6.07, 6.45) is 6.98. The Labute approximate surface area is 150 Å². The lowest BCUT2D eigenvalue weighted by Gasteiger charge is -2.34. The first-order valence-electron chi connectivity index (χ1n) is 9.43. The van der Waals surface area contributed by atoms with E-state index in [1.54, 1.807) is 0 Å². The number of pyridine rings is 1. The number of nitrogens with one attached hydrogen (secondary N) is 1. The van der Waals surface area contributed by atoms with Gasteiger partial charge < -0.3 is 19.7 Å². The fraction of sp³-hybridized carbons (Fsp3) is 0.684. The van der Waals surface area contributed by atoms with Gasteiger partial charge in [-0.25, -0.2) is 4.98 Å². The first kappa shape index (κ1) is 18.0. The highest BCUT2D eigenvalue weighted by Gasteiger charge is 2.22. The molecule has 0 bridgehead atoms. The van der Waals surface area contributed by atoms with Gasteiger partial charge in [0.2, 0.25) is 5.88 Å². The molecule has 1 aromatic rings. The van der Waals surface area contributed by atoms with Crippen LogP contribution >= 0.6 is 0 Å². The molecule has 138 valence electrons. The second-order valence-corrected chi connectivity index (χ2v) is 6.80. The van der Waals surface area contributed by atoms with Crippen LogP contribution in [0.25, 0.3) is 0 Å². The molecule has 6 nitrogen and oxygen atoms in total. The zero-order valence-electron chi connectivity index (χ0n) is 15.4. The van der Waals surface area contributed by atoms with E-state index >= 15 is 0 Å². The third-order valence-electron chi connectivity index (χ3n) is 4.77. The van der Waals surface area contributed by atoms with Crippen molar-refractivity contribution in [1.29, 1.82) is 0 Å². The van der Waals surface area contributed by atoms with Crippen molar-refractivity contribution in [1.82, 2.24) is 15.2 Å². The molecule has 1 aliphatic carbocycles. The lowest BCUT2D eigenvalue weighted by Crippen LogP contribution is -2.46. The summed E-state index contributed by atoms with van der Waals surface area (Å²) in [4.78, 5) is 11.1. The maximum absolute atomic E-state index is 5.72. The topological polar surface area (TPSA) is 59.0 Å². The highest BCUT2D eigenvalue weighted by atomic mass is 16.5. The van der Waals surface area contributed by atoms with Gasteiger partial charge in [-0.1, -0.05) is 6.07 Å². The highest BCUT2D eigenvalue weighted by molar-refractivity contribution is 5.79. The van der Waals surface area contributed by atoms with Crippen LogP contribution < -0.4 is 10.1 Å². The summed E-state index contributed by atoms with van der Waals surface area (Å²) in [6.45, 7) is 6.34. The fourth-order valence-corrected chi connectivity index (χ4v) is 3.07. The van der Waals surface area contributed by atoms with Gasteiger partial charge >= 0.3 is 0 Å². The number of aromatic nitrogens is 1. The molecule has 6 heteroatoms. The predicted octanol–water partition coefficient (Wildman–Crippen LogP) is 2.45. The predicted molar refractivity (Wildman–Crippen MR) is 98.9 cm³/mol. The van der Waals surface area contributed by atoms with Gasteiger partial charge in [0.15, 0.2) is 5.96 Å². The molecule has 0 atom stereocenters. The van der Waals surface area contributed by atoms with Crippen molar-refractivity contribution < 1.29 is 9.47 Å². The van der Waals surface area contributed by atoms with Gasteiger partial charge in [-0.05, 0) is 44.1 Å². The minimum absolute atomic E-state index is 0.395. The van der Waals surface area contributed by atoms with Gasteiger partial charge in [0.25, 0.3) is 0 Å². The van der Waals surface area contributed by atoms with Crippen LogP contribution in [-0.4, -0.2) is 55.3 Å². The lowest BCUT2D eigenvalue weighted by molar-refractivity contribution is 0.0263. The molecule has 3 rings (SSSR count). The quantitative estimate of drug-likeness (QED) is 0.607. The average molecular weight is 346 g/mol. The smallest absolute Gasteiger partial charge is 0.213 e. The zero-order chi connectivity index (χ0) is 17.5. The van der Waals surface area contributed by atoms with E-state index in [1.165, 1.54) is 12.8 Å². The van der Waals surface area contributed by atoms with Crippen molar-refractivity contribution >= 4 is 5.96 Å². The molecule has 1 saturated heterocycles. The van der Waals surface area contributed by atoms with Crippen LogP contribution in [0.4, 0.5) is 0 Å². The van der Waals surface area contributed by atoms with E-state index in [-0.39, 0.29) is 0 Å². The van der Waals surface area contributed by atoms with Crippen molar-refractivity contribution in [2.24, 2.45) is 10.9 Å². The molecule has 0 spiro atoms. The van der Waals surface area contributed by atoms with Crippen molar-refractivity contribution in [2.45, 2.75) is 45.3 Å². The Hall–Kier alpha value is -1.82. The number of ether oxygens (including phenoxy) is 2. The molecule has 1 saturated carbocycles. The molecule has 0 aromatic carbocycles. The zero-order valence-corrected chi connectivity index (χ0v) is 15.4. The SMILES string of the molecule is CCOC1CCN(C(=NC)NCc2ccc(OCC3CC3)nc2)CC1. The van der Waals surface area contributed by atoms with Crippen molar-refractivity contribution in [2.75, 3.05) is 33.4 Å². The summed E-state index contributed by atoms with van der Waals surface area (Å²) in [5.74, 6) is 2.42. The minimum Gasteiger partial charge on any atom is -0.477 e. The van der Waals surface area contributed by atoms with Crippen molar-refractivity contribution in [3.8, 4) is 5.88 Å². The second kappa shape index (κ2) is 9.04. The van der Waals surface area contributed by atoms with E-state index in [9.17, 15) is 0 Å². The minimum atomic E-state index is 0.395. The van der Waals surface area contributed by atoms with Crippen LogP contribution in [0.1, 0.15) is 38.2 Å². The molecule has 0 amide bonds. The highest BCUT2D eigenvalue weighted by Crippen LogP contribution is 2.29. The Kier molecular flexibility index (Phi) is 6.50. The third-order valence-corrected chi connectivity index (χ3v) is 4.77. The maximum Gasteiger partial charge on any atom is 0.213 e. The van der Waals surface area contributed by atoms with Crippen LogP contribution in [0.15, 0.2) is 23.3 Å². The first-order chi connectivity index (χ1) is 12.3. The van der Waals surface area contributed by atoms with Gasteiger partial charge in [0.1, 0.15) is 0 Å². The van der Waals surface area contributed by atoms with Crippen LogP contribution in [-0.2, 0) is 11.3 Å². The average Bonchev–Trinajstić information content (AvgIpc) is 3.47. The number of piperidine rings is 1. The van der Waals surface area contributed by atoms with Crippen LogP contribution in [0.3, 0.4) is 0 Å². The Bertz CT molecular complexity index is 549. The third kappa shape index (κ3) is 5.59. The second-order valence-electron chi connectivity index (χ2n) is 6.80. The number of likely N-dealkylation sites (tertiary alicyclic amines) is 1. The number of hydrogen-bond acceptors (Lipinski definition) is 4. The number of guanidine groups is 1. The molecule has 25 heavy (non-hydrogen) atoms. The molecule has 1 aromatic heterocycles.